The Morgan fingerprint density at radius 2 is 1.65 bits per heavy atom. The number of hydrogen-bond donors (Lipinski definition) is 1. The SMILES string of the molecule is CCOCc1c(C(=O)O[C@H](C(=O)Nc2cc(Cl)cc(Cl)c2)c2ccccc2)oc2ccccc12. The Labute approximate surface area is 206 Å². The molecule has 0 aliphatic carbocycles. The van der Waals surface area contributed by atoms with E-state index in [1.54, 1.807) is 54.6 Å². The predicted octanol–water partition coefficient (Wildman–Crippen LogP) is 6.81. The Hall–Kier alpha value is -3.32. The quantitative estimate of drug-likeness (QED) is 0.270. The molecule has 174 valence electrons. The number of esters is 1. The van der Waals surface area contributed by atoms with E-state index in [9.17, 15) is 9.59 Å². The fraction of sp³-hybridized carbons (Fsp3) is 0.154. The van der Waals surface area contributed by atoms with Crippen LogP contribution in [-0.2, 0) is 20.9 Å². The first-order chi connectivity index (χ1) is 16.5. The largest absolute Gasteiger partial charge is 0.449 e. The Balaban J connectivity index is 1.66. The standard InChI is InChI=1S/C26H21Cl2NO5/c1-2-32-15-21-20-10-6-7-11-22(20)33-24(21)26(31)34-23(16-8-4-3-5-9-16)25(30)29-19-13-17(27)12-18(28)14-19/h3-14,23H,2,15H2,1H3,(H,29,30)/t23-/m0/s1. The van der Waals surface area contributed by atoms with Crippen LogP contribution in [0.4, 0.5) is 5.69 Å². The first-order valence-electron chi connectivity index (χ1n) is 10.6. The van der Waals surface area contributed by atoms with Crippen LogP contribution in [0.15, 0.2) is 77.2 Å². The van der Waals surface area contributed by atoms with Crippen LogP contribution in [0.3, 0.4) is 0 Å². The van der Waals surface area contributed by atoms with Gasteiger partial charge in [0.1, 0.15) is 5.58 Å². The number of para-hydroxylation sites is 1. The van der Waals surface area contributed by atoms with Gasteiger partial charge in [-0.3, -0.25) is 4.79 Å². The number of halogens is 2. The van der Waals surface area contributed by atoms with Crippen LogP contribution in [-0.4, -0.2) is 18.5 Å². The van der Waals surface area contributed by atoms with E-state index in [1.165, 1.54) is 0 Å². The lowest BCUT2D eigenvalue weighted by atomic mass is 10.1. The van der Waals surface area contributed by atoms with Crippen LogP contribution >= 0.6 is 23.2 Å². The van der Waals surface area contributed by atoms with Gasteiger partial charge < -0.3 is 19.2 Å². The number of nitrogens with one attached hydrogen (secondary N) is 1. The molecule has 0 unspecified atom stereocenters. The molecule has 6 nitrogen and oxygen atoms in total. The maximum Gasteiger partial charge on any atom is 0.375 e. The molecule has 1 N–H and O–H groups in total. The van der Waals surface area contributed by atoms with Crippen molar-refractivity contribution in [2.45, 2.75) is 19.6 Å². The van der Waals surface area contributed by atoms with E-state index in [1.807, 2.05) is 25.1 Å². The summed E-state index contributed by atoms with van der Waals surface area (Å²) in [6, 6.07) is 20.6. The molecule has 0 saturated carbocycles. The summed E-state index contributed by atoms with van der Waals surface area (Å²) in [5.74, 6) is -1.35. The van der Waals surface area contributed by atoms with Gasteiger partial charge in [-0.15, -0.1) is 0 Å². The number of carbonyl (C=O) groups excluding carboxylic acids is 2. The van der Waals surface area contributed by atoms with E-state index in [0.29, 0.717) is 39.0 Å². The minimum Gasteiger partial charge on any atom is -0.449 e. The molecule has 1 aromatic heterocycles. The van der Waals surface area contributed by atoms with E-state index < -0.39 is 18.0 Å². The highest BCUT2D eigenvalue weighted by Gasteiger charge is 2.30. The fourth-order valence-electron chi connectivity index (χ4n) is 3.51. The number of rotatable bonds is 8. The number of carbonyl (C=O) groups is 2. The van der Waals surface area contributed by atoms with E-state index in [0.717, 1.165) is 5.39 Å². The number of anilines is 1. The van der Waals surface area contributed by atoms with Crippen LogP contribution in [0.1, 0.15) is 34.7 Å². The topological polar surface area (TPSA) is 77.8 Å². The smallest absolute Gasteiger partial charge is 0.375 e. The Kier molecular flexibility index (Phi) is 7.53. The summed E-state index contributed by atoms with van der Waals surface area (Å²) >= 11 is 12.1. The highest BCUT2D eigenvalue weighted by Crippen LogP contribution is 2.30. The lowest BCUT2D eigenvalue weighted by Crippen LogP contribution is -2.26. The molecule has 4 rings (SSSR count). The van der Waals surface area contributed by atoms with E-state index in [2.05, 4.69) is 5.32 Å². The van der Waals surface area contributed by atoms with Gasteiger partial charge in [-0.1, -0.05) is 71.7 Å². The normalized spacial score (nSPS) is 11.9. The maximum absolute atomic E-state index is 13.3. The van der Waals surface area contributed by atoms with Gasteiger partial charge in [-0.25, -0.2) is 4.79 Å². The van der Waals surface area contributed by atoms with Gasteiger partial charge in [-0.2, -0.15) is 0 Å². The number of hydrogen-bond acceptors (Lipinski definition) is 5. The molecule has 0 fully saturated rings. The van der Waals surface area contributed by atoms with Crippen LogP contribution in [0.5, 0.6) is 0 Å². The van der Waals surface area contributed by atoms with Crippen molar-refractivity contribution in [3.8, 4) is 0 Å². The zero-order chi connectivity index (χ0) is 24.1. The molecule has 0 aliphatic heterocycles. The molecule has 0 aliphatic rings. The second kappa shape index (κ2) is 10.7. The van der Waals surface area contributed by atoms with Crippen molar-refractivity contribution in [1.82, 2.24) is 0 Å². The molecule has 8 heteroatoms. The number of fused-ring (bicyclic) bond motifs is 1. The van der Waals surface area contributed by atoms with Crippen LogP contribution in [0.2, 0.25) is 10.0 Å². The Morgan fingerprint density at radius 1 is 0.971 bits per heavy atom. The highest BCUT2D eigenvalue weighted by atomic mass is 35.5. The zero-order valence-electron chi connectivity index (χ0n) is 18.2. The zero-order valence-corrected chi connectivity index (χ0v) is 19.7. The molecule has 0 radical (unpaired) electrons. The van der Waals surface area contributed by atoms with Gasteiger partial charge >= 0.3 is 5.97 Å². The van der Waals surface area contributed by atoms with Gasteiger partial charge in [0, 0.05) is 38.9 Å². The summed E-state index contributed by atoms with van der Waals surface area (Å²) in [7, 11) is 0. The van der Waals surface area contributed by atoms with Crippen molar-refractivity contribution < 1.29 is 23.5 Å². The summed E-state index contributed by atoms with van der Waals surface area (Å²) in [5.41, 5.74) is 1.96. The van der Waals surface area contributed by atoms with Crippen molar-refractivity contribution in [2.24, 2.45) is 0 Å². The van der Waals surface area contributed by atoms with Crippen molar-refractivity contribution in [1.29, 1.82) is 0 Å². The molecular weight excluding hydrogens is 477 g/mol. The number of ether oxygens (including phenoxy) is 2. The first-order valence-corrected chi connectivity index (χ1v) is 11.3. The van der Waals surface area contributed by atoms with E-state index in [-0.39, 0.29) is 12.4 Å². The third-order valence-corrected chi connectivity index (χ3v) is 5.47. The van der Waals surface area contributed by atoms with Gasteiger partial charge in [-0.05, 0) is 31.2 Å². The molecule has 34 heavy (non-hydrogen) atoms. The van der Waals surface area contributed by atoms with Gasteiger partial charge in [0.25, 0.3) is 5.91 Å². The minimum atomic E-state index is -1.25. The summed E-state index contributed by atoms with van der Waals surface area (Å²) in [4.78, 5) is 26.5. The monoisotopic (exact) mass is 497 g/mol. The second-order valence-corrected chi connectivity index (χ2v) is 8.26. The average Bonchev–Trinajstić information content (AvgIpc) is 3.19. The fourth-order valence-corrected chi connectivity index (χ4v) is 4.03. The molecule has 1 amide bonds. The van der Waals surface area contributed by atoms with Gasteiger partial charge in [0.15, 0.2) is 0 Å². The van der Waals surface area contributed by atoms with Crippen molar-refractivity contribution in [3.05, 3.63) is 99.7 Å². The maximum atomic E-state index is 13.3. The molecule has 4 aromatic rings. The number of furan rings is 1. The molecule has 3 aromatic carbocycles. The summed E-state index contributed by atoms with van der Waals surface area (Å²) in [5, 5.41) is 4.18. The molecular formula is C26H21Cl2NO5. The van der Waals surface area contributed by atoms with Crippen LogP contribution in [0.25, 0.3) is 11.0 Å². The number of amides is 1. The summed E-state index contributed by atoms with van der Waals surface area (Å²) < 4.78 is 17.0. The minimum absolute atomic E-state index is 0.00539. The third-order valence-electron chi connectivity index (χ3n) is 5.03. The van der Waals surface area contributed by atoms with Crippen molar-refractivity contribution in [3.63, 3.8) is 0 Å². The highest BCUT2D eigenvalue weighted by molar-refractivity contribution is 6.35. The molecule has 1 heterocycles. The van der Waals surface area contributed by atoms with E-state index >= 15 is 0 Å². The lowest BCUT2D eigenvalue weighted by molar-refractivity contribution is -0.125. The molecule has 0 spiro atoms. The van der Waals surface area contributed by atoms with Gasteiger partial charge in [0.2, 0.25) is 11.9 Å². The Bertz CT molecular complexity index is 1300. The van der Waals surface area contributed by atoms with Crippen LogP contribution in [0, 0.1) is 0 Å². The second-order valence-electron chi connectivity index (χ2n) is 7.39. The average molecular weight is 498 g/mol. The summed E-state index contributed by atoms with van der Waals surface area (Å²) in [6.45, 7) is 2.49. The van der Waals surface area contributed by atoms with Gasteiger partial charge in [0.05, 0.1) is 6.61 Å². The molecule has 0 bridgehead atoms. The number of benzene rings is 3. The van der Waals surface area contributed by atoms with Crippen molar-refractivity contribution in [2.75, 3.05) is 11.9 Å². The first kappa shape index (κ1) is 23.8. The summed E-state index contributed by atoms with van der Waals surface area (Å²) in [6.07, 6.45) is -1.25. The van der Waals surface area contributed by atoms with E-state index in [4.69, 9.17) is 37.1 Å². The lowest BCUT2D eigenvalue weighted by Gasteiger charge is -2.18. The third kappa shape index (κ3) is 5.42. The molecule has 0 saturated heterocycles. The Morgan fingerprint density at radius 3 is 2.35 bits per heavy atom. The molecule has 1 atom stereocenters. The predicted molar refractivity (Wildman–Crippen MR) is 131 cm³/mol. The van der Waals surface area contributed by atoms with Crippen LogP contribution < -0.4 is 5.32 Å². The van der Waals surface area contributed by atoms with Crippen molar-refractivity contribution >= 4 is 51.7 Å².